The summed E-state index contributed by atoms with van der Waals surface area (Å²) in [4.78, 5) is 104. The zero-order valence-corrected chi connectivity index (χ0v) is 54.2. The number of amides is 2. The largest absolute Gasteiger partial charge is 0.545 e. The third kappa shape index (κ3) is 20.2. The molecule has 506 valence electrons. The molecule has 32 nitrogen and oxygen atoms in total. The van der Waals surface area contributed by atoms with Crippen LogP contribution in [0.2, 0.25) is 0 Å². The van der Waals surface area contributed by atoms with E-state index in [0.717, 1.165) is 39.4 Å². The van der Waals surface area contributed by atoms with Crippen molar-refractivity contribution < 1.29 is 104 Å². The molecule has 0 spiro atoms. The monoisotopic (exact) mass is 1380 g/mol. The van der Waals surface area contributed by atoms with Gasteiger partial charge in [0.05, 0.1) is 63.4 Å². The first kappa shape index (κ1) is 72.3. The molecular formula is C60H67N8O24P3. The summed E-state index contributed by atoms with van der Waals surface area (Å²) in [6, 6.07) is 28.3. The Morgan fingerprint density at radius 2 is 1.57 bits per heavy atom. The van der Waals surface area contributed by atoms with Crippen molar-refractivity contribution in [3.63, 3.8) is 0 Å². The number of nitrogens with zero attached hydrogens (tertiary/aromatic N) is 5. The van der Waals surface area contributed by atoms with Gasteiger partial charge in [-0.25, -0.2) is 27.9 Å². The number of phosphoric ester groups is 1. The van der Waals surface area contributed by atoms with E-state index < -0.39 is 83.8 Å². The number of azo groups is 1. The molecule has 2 amide bonds. The lowest BCUT2D eigenvalue weighted by atomic mass is 9.89. The second-order valence-electron chi connectivity index (χ2n) is 21.2. The predicted molar refractivity (Wildman–Crippen MR) is 337 cm³/mol. The molecule has 0 bridgehead atoms. The maximum Gasteiger partial charge on any atom is 0.490 e. The lowest BCUT2D eigenvalue weighted by Crippen LogP contribution is -2.36. The van der Waals surface area contributed by atoms with Crippen LogP contribution in [0.3, 0.4) is 0 Å². The van der Waals surface area contributed by atoms with Crippen LogP contribution in [-0.4, -0.2) is 157 Å². The van der Waals surface area contributed by atoms with Gasteiger partial charge >= 0.3 is 35.3 Å². The number of nitrogens with one attached hydrogen (secondary N) is 3. The van der Waals surface area contributed by atoms with Crippen LogP contribution >= 0.6 is 23.5 Å². The molecule has 95 heavy (non-hydrogen) atoms. The van der Waals surface area contributed by atoms with E-state index in [0.29, 0.717) is 57.0 Å². The average Bonchev–Trinajstić information content (AvgIpc) is 1.17. The van der Waals surface area contributed by atoms with Crippen molar-refractivity contribution in [1.29, 1.82) is 0 Å². The fraction of sp³-hybridized carbons (Fsp3) is 0.333. The van der Waals surface area contributed by atoms with Crippen LogP contribution in [0.4, 0.5) is 21.9 Å². The van der Waals surface area contributed by atoms with Gasteiger partial charge in [0.1, 0.15) is 61.4 Å². The van der Waals surface area contributed by atoms with E-state index in [1.807, 2.05) is 98.1 Å². The second-order valence-corrected chi connectivity index (χ2v) is 25.6. The topological polar surface area (TPSA) is 444 Å². The summed E-state index contributed by atoms with van der Waals surface area (Å²) >= 11 is 0. The Morgan fingerprint density at radius 3 is 2.27 bits per heavy atom. The number of fused-ring (bicyclic) bond motifs is 2. The highest BCUT2D eigenvalue weighted by Crippen LogP contribution is 2.66. The van der Waals surface area contributed by atoms with E-state index in [2.05, 4.69) is 45.8 Å². The van der Waals surface area contributed by atoms with Crippen molar-refractivity contribution in [1.82, 2.24) is 24.8 Å². The number of benzene rings is 5. The fourth-order valence-corrected chi connectivity index (χ4v) is 12.5. The van der Waals surface area contributed by atoms with Crippen LogP contribution in [0.25, 0.3) is 33.4 Å². The summed E-state index contributed by atoms with van der Waals surface area (Å²) in [5.41, 5.74) is 3.59. The number of H-pyrrole nitrogens is 1. The van der Waals surface area contributed by atoms with Crippen LogP contribution in [0.1, 0.15) is 57.0 Å². The maximum atomic E-state index is 13.5. The molecule has 1 fully saturated rings. The number of carbonyl (C=O) groups excluding carboxylic acids is 3. The molecule has 1 aliphatic carbocycles. The van der Waals surface area contributed by atoms with Crippen molar-refractivity contribution in [2.24, 2.45) is 10.2 Å². The Balaban J connectivity index is 0.742. The lowest BCUT2D eigenvalue weighted by molar-refractivity contribution is -0.255. The number of hydrogen-bond acceptors (Lipinski definition) is 23. The minimum Gasteiger partial charge on any atom is -0.545 e. The van der Waals surface area contributed by atoms with Gasteiger partial charge in [-0.05, 0) is 77.7 Å². The first-order valence-electron chi connectivity index (χ1n) is 28.9. The number of aliphatic hydroxyl groups excluding tert-OH is 2. The molecule has 6 atom stereocenters. The molecule has 2 aliphatic heterocycles. The smallest absolute Gasteiger partial charge is 0.490 e. The van der Waals surface area contributed by atoms with E-state index >= 15 is 0 Å². The van der Waals surface area contributed by atoms with E-state index in [-0.39, 0.29) is 69.4 Å². The number of aromatic nitrogens is 2. The standard InChI is InChI=1S/C60H67N8O24P3/c1-6-36-11-20-49(86-29-28-85-27-26-84-25-23-61-55(70)38-12-17-43(57(72)73)46(31-38)53-44-18-15-41(66(2)3)32-50(44)88-51-33-42(67(4)5)16-19-45(51)53)47(30-36)65-64-40-13-9-37(10-14-40)21-24-87-60(76)62-22-7-8-39-35-68(59(75)63-56(39)71)52-34-48(69)54(89-52)58(74)90-94(80,81)92-95(82,83)91-93(77,78)79/h9-20,30-33,35,48,52,54,58,69,74H,6,21-29,34H2,1-5H3,(H7-,61,62,63,70,71,72,73,75,76,77,78,79,80,81,82,83)/t48-,52+,54-,58?/m0/s1. The SMILES string of the molecule is CCc1ccc(OCCOCCOCCNC(=O)c2ccc(C(=O)[O-])c(-c3c4ccc(=[N+](C)C)cc-4oc4cc(N(C)C)ccc34)c2)c(N=Nc2ccc(CCOC(=O)NCC#Cc3cn([C@H]4C[C@H](O)[C@@H](C(O)OP(=O)(O)OP(=O)(O)OP(=O)(O)O)O4)c(=O)[nH]c3=O)cc2)c1. The van der Waals surface area contributed by atoms with E-state index in [9.17, 15) is 62.8 Å². The molecule has 35 heteroatoms. The minimum atomic E-state index is -5.95. The van der Waals surface area contributed by atoms with Gasteiger partial charge in [0, 0.05) is 85.1 Å². The number of aromatic carboxylic acids is 1. The van der Waals surface area contributed by atoms with Crippen molar-refractivity contribution >= 4 is 69.5 Å². The zero-order chi connectivity index (χ0) is 68.8. The van der Waals surface area contributed by atoms with E-state index in [1.54, 1.807) is 36.4 Å². The van der Waals surface area contributed by atoms with Gasteiger partial charge in [0.15, 0.2) is 6.29 Å². The van der Waals surface area contributed by atoms with Crippen molar-refractivity contribution in [2.75, 3.05) is 85.8 Å². The molecule has 4 aromatic carbocycles. The van der Waals surface area contributed by atoms with Crippen molar-refractivity contribution in [3.05, 3.63) is 157 Å². The summed E-state index contributed by atoms with van der Waals surface area (Å²) in [7, 11) is -9.88. The number of alkyl carbamates (subject to hydrolysis) is 1. The third-order valence-electron chi connectivity index (χ3n) is 14.0. The van der Waals surface area contributed by atoms with E-state index in [4.69, 9.17) is 37.9 Å². The third-order valence-corrected chi connectivity index (χ3v) is 17.9. The summed E-state index contributed by atoms with van der Waals surface area (Å²) in [5, 5.41) is 49.0. The molecule has 5 aromatic rings. The highest BCUT2D eigenvalue weighted by Gasteiger charge is 2.47. The summed E-state index contributed by atoms with van der Waals surface area (Å²) < 4.78 is 83.3. The maximum absolute atomic E-state index is 13.5. The molecule has 1 aromatic heterocycles. The number of anilines is 1. The minimum absolute atomic E-state index is 0.0345. The number of carboxylic acid groups (broad SMARTS) is 1. The molecule has 0 saturated carbocycles. The number of aryl methyl sites for hydroxylation is 1. The highest BCUT2D eigenvalue weighted by atomic mass is 31.3. The van der Waals surface area contributed by atoms with Crippen LogP contribution < -0.4 is 46.6 Å². The summed E-state index contributed by atoms with van der Waals surface area (Å²) in [6.07, 6.45) is -7.16. The fourth-order valence-electron chi connectivity index (χ4n) is 9.44. The summed E-state index contributed by atoms with van der Waals surface area (Å²) in [5.74, 6) is 4.17. The van der Waals surface area contributed by atoms with Crippen LogP contribution in [-0.2, 0) is 58.6 Å². The van der Waals surface area contributed by atoms with Gasteiger partial charge in [-0.3, -0.25) is 23.7 Å². The number of aromatic amines is 1. The highest BCUT2D eigenvalue weighted by molar-refractivity contribution is 7.66. The number of hydrogen-bond donors (Lipinski definition) is 9. The van der Waals surface area contributed by atoms with Crippen LogP contribution in [0.5, 0.6) is 5.75 Å². The van der Waals surface area contributed by atoms with Crippen LogP contribution in [0.15, 0.2) is 127 Å². The molecule has 8 rings (SSSR count). The number of ether oxygens (including phenoxy) is 5. The van der Waals surface area contributed by atoms with Gasteiger partial charge in [0.25, 0.3) is 11.5 Å². The Morgan fingerprint density at radius 1 is 0.842 bits per heavy atom. The van der Waals surface area contributed by atoms with Gasteiger partial charge in [-0.15, -0.1) is 5.11 Å². The first-order valence-corrected chi connectivity index (χ1v) is 33.4. The predicted octanol–water partition coefficient (Wildman–Crippen LogP) is 3.97. The van der Waals surface area contributed by atoms with Gasteiger partial charge < -0.3 is 83.3 Å². The number of aliphatic hydroxyl groups is 2. The molecule has 3 aliphatic rings. The van der Waals surface area contributed by atoms with E-state index in [1.165, 1.54) is 12.1 Å². The summed E-state index contributed by atoms with van der Waals surface area (Å²) in [6.45, 7) is 2.88. The van der Waals surface area contributed by atoms with Gasteiger partial charge in [-0.1, -0.05) is 43.0 Å². The van der Waals surface area contributed by atoms with Gasteiger partial charge in [0.2, 0.25) is 5.36 Å². The van der Waals surface area contributed by atoms with Gasteiger partial charge in [-0.2, -0.15) is 13.7 Å². The normalized spacial score (nSPS) is 16.3. The van der Waals surface area contributed by atoms with Crippen molar-refractivity contribution in [2.45, 2.75) is 50.9 Å². The second kappa shape index (κ2) is 32.2. The Bertz CT molecular complexity index is 4370. The Hall–Kier alpha value is -8.57. The zero-order valence-electron chi connectivity index (χ0n) is 51.5. The number of carboxylic acids is 1. The first-order chi connectivity index (χ1) is 45.1. The molecule has 3 heterocycles. The quantitative estimate of drug-likeness (QED) is 0.00609. The molecular weight excluding hydrogens is 1310 g/mol. The number of rotatable bonds is 29. The lowest BCUT2D eigenvalue weighted by Gasteiger charge is -2.23. The molecule has 3 unspecified atom stereocenters. The molecule has 1 saturated heterocycles. The number of phosphoric acid groups is 3. The molecule has 0 radical (unpaired) electrons. The number of carbonyl (C=O) groups is 3. The van der Waals surface area contributed by atoms with Crippen LogP contribution in [0, 0.1) is 11.8 Å². The average molecular weight is 1380 g/mol. The Kier molecular flexibility index (Phi) is 24.5. The van der Waals surface area contributed by atoms with Crippen molar-refractivity contribution in [3.8, 4) is 40.0 Å². The molecule has 9 N–H and O–H groups in total. The Labute approximate surface area is 540 Å².